The van der Waals surface area contributed by atoms with Gasteiger partial charge in [0.2, 0.25) is 0 Å². The van der Waals surface area contributed by atoms with Crippen LogP contribution in [0.15, 0.2) is 0 Å². The molecular formula is C7H12NNaO6. The fraction of sp³-hybridized carbons (Fsp3) is 0.571. The van der Waals surface area contributed by atoms with E-state index in [1.54, 1.807) is 0 Å². The number of methoxy groups -OCH3 is 1. The molecule has 0 heterocycles. The van der Waals surface area contributed by atoms with Crippen LogP contribution in [0.3, 0.4) is 0 Å². The average molecular weight is 229 g/mol. The van der Waals surface area contributed by atoms with Crippen molar-refractivity contribution in [3.63, 3.8) is 0 Å². The van der Waals surface area contributed by atoms with Crippen LogP contribution >= 0.6 is 0 Å². The van der Waals surface area contributed by atoms with Crippen LogP contribution in [0, 0.1) is 0 Å². The molecule has 0 atom stereocenters. The molecule has 0 bridgehead atoms. The van der Waals surface area contributed by atoms with Crippen LogP contribution in [0.4, 0.5) is 0 Å². The van der Waals surface area contributed by atoms with Crippen LogP contribution < -0.4 is 0 Å². The Morgan fingerprint density at radius 1 is 1.07 bits per heavy atom. The van der Waals surface area contributed by atoms with Crippen LogP contribution in [0.5, 0.6) is 0 Å². The van der Waals surface area contributed by atoms with E-state index in [4.69, 9.17) is 10.2 Å². The van der Waals surface area contributed by atoms with Crippen LogP contribution in [-0.4, -0.2) is 89.3 Å². The number of carbonyl (C=O) groups is 3. The molecule has 0 aliphatic carbocycles. The third-order valence-corrected chi connectivity index (χ3v) is 1.30. The summed E-state index contributed by atoms with van der Waals surface area (Å²) in [5.74, 6) is -3.07. The number of carboxylic acids is 2. The Morgan fingerprint density at radius 3 is 1.73 bits per heavy atom. The Morgan fingerprint density at radius 2 is 1.47 bits per heavy atom. The van der Waals surface area contributed by atoms with Crippen LogP contribution in [-0.2, 0) is 19.1 Å². The van der Waals surface area contributed by atoms with Gasteiger partial charge in [0.25, 0.3) is 0 Å². The standard InChI is InChI=1S/C7H11NO6.Na.H/c1-14-7(13)4-8(2-5(9)10)3-6(11)12;;/h2-4H2,1H3,(H,9,10)(H,11,12);;. The van der Waals surface area contributed by atoms with Gasteiger partial charge in [0.15, 0.2) is 0 Å². The van der Waals surface area contributed by atoms with E-state index in [9.17, 15) is 14.4 Å². The first kappa shape index (κ1) is 16.8. The number of hydrogen-bond donors (Lipinski definition) is 2. The molecule has 2 N–H and O–H groups in total. The molecule has 0 saturated carbocycles. The average Bonchev–Trinajstić information content (AvgIpc) is 2.01. The minimum atomic E-state index is -1.20. The van der Waals surface area contributed by atoms with Crippen LogP contribution in [0.2, 0.25) is 0 Å². The van der Waals surface area contributed by atoms with Crippen molar-refractivity contribution in [2.75, 3.05) is 26.7 Å². The summed E-state index contributed by atoms with van der Waals surface area (Å²) in [5.41, 5.74) is 0. The first-order valence-corrected chi connectivity index (χ1v) is 3.68. The number of rotatable bonds is 6. The fourth-order valence-electron chi connectivity index (χ4n) is 0.797. The monoisotopic (exact) mass is 229 g/mol. The molecule has 7 nitrogen and oxygen atoms in total. The van der Waals surface area contributed by atoms with E-state index in [-0.39, 0.29) is 36.1 Å². The second-order valence-corrected chi connectivity index (χ2v) is 2.51. The van der Waals surface area contributed by atoms with Gasteiger partial charge in [0.05, 0.1) is 26.7 Å². The van der Waals surface area contributed by atoms with Gasteiger partial charge in [0, 0.05) is 0 Å². The molecule has 8 heteroatoms. The molecule has 0 aromatic rings. The van der Waals surface area contributed by atoms with Crippen molar-refractivity contribution >= 4 is 47.5 Å². The zero-order chi connectivity index (χ0) is 11.1. The van der Waals surface area contributed by atoms with E-state index in [1.165, 1.54) is 0 Å². The Hall–Kier alpha value is -0.630. The number of nitrogens with zero attached hydrogens (tertiary/aromatic N) is 1. The van der Waals surface area contributed by atoms with Crippen molar-refractivity contribution in [2.24, 2.45) is 0 Å². The zero-order valence-electron chi connectivity index (χ0n) is 7.60. The SMILES string of the molecule is COC(=O)CN(CC(=O)O)CC(=O)O.[NaH]. The van der Waals surface area contributed by atoms with E-state index in [1.807, 2.05) is 0 Å². The Balaban J connectivity index is 0. The van der Waals surface area contributed by atoms with E-state index in [2.05, 4.69) is 4.74 Å². The molecule has 0 aromatic heterocycles. The first-order valence-electron chi connectivity index (χ1n) is 3.68. The summed E-state index contributed by atoms with van der Waals surface area (Å²) in [7, 11) is 1.14. The van der Waals surface area contributed by atoms with Gasteiger partial charge in [-0.15, -0.1) is 0 Å². The van der Waals surface area contributed by atoms with Crippen LogP contribution in [0.1, 0.15) is 0 Å². The normalized spacial score (nSPS) is 9.20. The van der Waals surface area contributed by atoms with Crippen molar-refractivity contribution in [3.05, 3.63) is 0 Å². The van der Waals surface area contributed by atoms with Crippen molar-refractivity contribution in [2.45, 2.75) is 0 Å². The molecule has 0 aromatic carbocycles. The second kappa shape index (κ2) is 8.66. The molecule has 0 aliphatic rings. The van der Waals surface area contributed by atoms with Gasteiger partial charge < -0.3 is 14.9 Å². The summed E-state index contributed by atoms with van der Waals surface area (Å²) in [4.78, 5) is 32.2. The van der Waals surface area contributed by atoms with E-state index in [0.29, 0.717) is 0 Å². The van der Waals surface area contributed by atoms with Gasteiger partial charge in [-0.2, -0.15) is 0 Å². The molecule has 15 heavy (non-hydrogen) atoms. The maximum atomic E-state index is 10.7. The van der Waals surface area contributed by atoms with E-state index < -0.39 is 31.0 Å². The van der Waals surface area contributed by atoms with Crippen molar-refractivity contribution < 1.29 is 29.3 Å². The Bertz CT molecular complexity index is 228. The number of ether oxygens (including phenoxy) is 1. The number of hydrogen-bond acceptors (Lipinski definition) is 5. The Labute approximate surface area is 108 Å². The number of aliphatic carboxylic acids is 2. The second-order valence-electron chi connectivity index (χ2n) is 2.51. The maximum absolute atomic E-state index is 10.7. The number of carboxylic acid groups (broad SMARTS) is 2. The molecule has 82 valence electrons. The van der Waals surface area contributed by atoms with Gasteiger partial charge in [-0.1, -0.05) is 0 Å². The molecule has 0 saturated heterocycles. The van der Waals surface area contributed by atoms with Crippen molar-refractivity contribution in [3.8, 4) is 0 Å². The summed E-state index contributed by atoms with van der Waals surface area (Å²) in [6.45, 7) is -1.38. The van der Waals surface area contributed by atoms with Crippen molar-refractivity contribution in [1.82, 2.24) is 4.90 Å². The first-order chi connectivity index (χ1) is 6.45. The summed E-state index contributed by atoms with van der Waals surface area (Å²) >= 11 is 0. The molecule has 0 spiro atoms. The van der Waals surface area contributed by atoms with E-state index >= 15 is 0 Å². The third kappa shape index (κ3) is 9.67. The topological polar surface area (TPSA) is 104 Å². The molecular weight excluding hydrogens is 217 g/mol. The van der Waals surface area contributed by atoms with Gasteiger partial charge >= 0.3 is 47.5 Å². The van der Waals surface area contributed by atoms with Gasteiger partial charge in [0.1, 0.15) is 0 Å². The molecule has 0 radical (unpaired) electrons. The Kier molecular flexibility index (Phi) is 9.69. The van der Waals surface area contributed by atoms with Gasteiger partial charge in [-0.05, 0) is 0 Å². The summed E-state index contributed by atoms with van der Waals surface area (Å²) in [5, 5.41) is 16.8. The molecule has 0 fully saturated rings. The van der Waals surface area contributed by atoms with Gasteiger partial charge in [-0.25, -0.2) is 0 Å². The quantitative estimate of drug-likeness (QED) is 0.400. The molecule has 0 unspecified atom stereocenters. The predicted octanol–water partition coefficient (Wildman–Crippen LogP) is -2.02. The van der Waals surface area contributed by atoms with Crippen molar-refractivity contribution in [1.29, 1.82) is 0 Å². The van der Waals surface area contributed by atoms with Crippen LogP contribution in [0.25, 0.3) is 0 Å². The molecule has 0 rings (SSSR count). The summed E-state index contributed by atoms with van der Waals surface area (Å²) in [6.07, 6.45) is 0. The number of esters is 1. The zero-order valence-corrected chi connectivity index (χ0v) is 7.60. The fourth-order valence-corrected chi connectivity index (χ4v) is 0.797. The van der Waals surface area contributed by atoms with E-state index in [0.717, 1.165) is 12.0 Å². The third-order valence-electron chi connectivity index (χ3n) is 1.30. The number of carbonyl (C=O) groups excluding carboxylic acids is 1. The predicted molar refractivity (Wildman–Crippen MR) is 50.9 cm³/mol. The van der Waals surface area contributed by atoms with Gasteiger partial charge in [-0.3, -0.25) is 19.3 Å². The summed E-state index contributed by atoms with van der Waals surface area (Å²) in [6, 6.07) is 0. The molecule has 0 aliphatic heterocycles. The summed E-state index contributed by atoms with van der Waals surface area (Å²) < 4.78 is 4.28. The minimum absolute atomic E-state index is 0. The molecule has 0 amide bonds.